The molecule has 2 N–H and O–H groups in total. The van der Waals surface area contributed by atoms with Crippen LogP contribution in [0.3, 0.4) is 0 Å². The summed E-state index contributed by atoms with van der Waals surface area (Å²) in [5.74, 6) is 0.591. The van der Waals surface area contributed by atoms with Gasteiger partial charge in [-0.25, -0.2) is 0 Å². The minimum atomic E-state index is 0.0649. The number of phenols is 1. The highest BCUT2D eigenvalue weighted by Crippen LogP contribution is 2.26. The van der Waals surface area contributed by atoms with E-state index < -0.39 is 0 Å². The molecule has 4 heteroatoms. The first kappa shape index (κ1) is 18.8. The van der Waals surface area contributed by atoms with E-state index in [0.29, 0.717) is 18.7 Å². The second-order valence-electron chi connectivity index (χ2n) is 6.18. The van der Waals surface area contributed by atoms with Gasteiger partial charge in [-0.15, -0.1) is 0 Å². The first-order valence-corrected chi connectivity index (χ1v) is 8.85. The minimum absolute atomic E-state index is 0.0649. The lowest BCUT2D eigenvalue weighted by atomic mass is 10.1. The van der Waals surface area contributed by atoms with Gasteiger partial charge in [-0.1, -0.05) is 49.2 Å². The number of methoxy groups -OCH3 is 1. The van der Waals surface area contributed by atoms with E-state index in [4.69, 9.17) is 4.74 Å². The zero-order valence-electron chi connectivity index (χ0n) is 14.8. The van der Waals surface area contributed by atoms with Gasteiger partial charge in [0.1, 0.15) is 0 Å². The monoisotopic (exact) mass is 341 g/mol. The van der Waals surface area contributed by atoms with Gasteiger partial charge in [0.05, 0.1) is 7.11 Å². The minimum Gasteiger partial charge on any atom is -0.504 e. The highest BCUT2D eigenvalue weighted by molar-refractivity contribution is 5.75. The van der Waals surface area contributed by atoms with E-state index in [1.165, 1.54) is 19.1 Å². The number of benzene rings is 2. The molecule has 0 radical (unpaired) electrons. The van der Waals surface area contributed by atoms with Gasteiger partial charge in [0, 0.05) is 13.0 Å². The number of aryl methyl sites for hydroxylation is 1. The lowest BCUT2D eigenvalue weighted by Crippen LogP contribution is -2.22. The number of amides is 1. The Morgan fingerprint density at radius 1 is 1.00 bits per heavy atom. The van der Waals surface area contributed by atoms with Crippen molar-refractivity contribution >= 4 is 5.91 Å². The summed E-state index contributed by atoms with van der Waals surface area (Å²) in [5.41, 5.74) is 2.29. The number of hydrogen-bond donors (Lipinski definition) is 2. The summed E-state index contributed by atoms with van der Waals surface area (Å²) < 4.78 is 5.06. The summed E-state index contributed by atoms with van der Waals surface area (Å²) in [5, 5.41) is 12.5. The Kier molecular flexibility index (Phi) is 7.83. The third kappa shape index (κ3) is 6.87. The normalized spacial score (nSPS) is 10.4. The van der Waals surface area contributed by atoms with E-state index in [1.54, 1.807) is 18.2 Å². The van der Waals surface area contributed by atoms with Gasteiger partial charge >= 0.3 is 0 Å². The summed E-state index contributed by atoms with van der Waals surface area (Å²) in [6, 6.07) is 15.6. The number of phenolic OH excluding ortho intramolecular Hbond substituents is 1. The maximum Gasteiger partial charge on any atom is 0.220 e. The summed E-state index contributed by atoms with van der Waals surface area (Å²) >= 11 is 0. The van der Waals surface area contributed by atoms with E-state index in [-0.39, 0.29) is 11.7 Å². The van der Waals surface area contributed by atoms with E-state index >= 15 is 0 Å². The van der Waals surface area contributed by atoms with Gasteiger partial charge in [0.15, 0.2) is 11.5 Å². The van der Waals surface area contributed by atoms with Crippen LogP contribution >= 0.6 is 0 Å². The molecule has 134 valence electrons. The van der Waals surface area contributed by atoms with Gasteiger partial charge in [-0.2, -0.15) is 0 Å². The average Bonchev–Trinajstić information content (AvgIpc) is 2.64. The van der Waals surface area contributed by atoms with Crippen molar-refractivity contribution in [2.75, 3.05) is 7.11 Å². The Labute approximate surface area is 149 Å². The van der Waals surface area contributed by atoms with Crippen molar-refractivity contribution in [3.63, 3.8) is 0 Å². The number of ether oxygens (including phenoxy) is 1. The molecule has 0 saturated heterocycles. The van der Waals surface area contributed by atoms with E-state index in [9.17, 15) is 9.90 Å². The molecular weight excluding hydrogens is 314 g/mol. The lowest BCUT2D eigenvalue weighted by Gasteiger charge is -2.08. The van der Waals surface area contributed by atoms with Crippen LogP contribution in [0, 0.1) is 0 Å². The van der Waals surface area contributed by atoms with E-state index in [2.05, 4.69) is 29.6 Å². The summed E-state index contributed by atoms with van der Waals surface area (Å²) in [6.45, 7) is 0.448. The maximum atomic E-state index is 11.9. The van der Waals surface area contributed by atoms with Gasteiger partial charge < -0.3 is 15.2 Å². The SMILES string of the molecule is COc1cc(CNC(=O)CCCCCCc2ccccc2)ccc1O. The zero-order valence-corrected chi connectivity index (χ0v) is 14.8. The molecule has 0 spiro atoms. The third-order valence-electron chi connectivity index (χ3n) is 4.20. The fourth-order valence-corrected chi connectivity index (χ4v) is 2.73. The molecule has 2 aromatic rings. The van der Waals surface area contributed by atoms with E-state index in [0.717, 1.165) is 31.2 Å². The molecule has 2 aromatic carbocycles. The fourth-order valence-electron chi connectivity index (χ4n) is 2.73. The van der Waals surface area contributed by atoms with Crippen molar-refractivity contribution in [3.8, 4) is 11.5 Å². The largest absolute Gasteiger partial charge is 0.504 e. The molecule has 25 heavy (non-hydrogen) atoms. The standard InChI is InChI=1S/C21H27NO3/c1-25-20-15-18(13-14-19(20)23)16-22-21(24)12-8-3-2-5-9-17-10-6-4-7-11-17/h4,6-7,10-11,13-15,23H,2-3,5,8-9,12,16H2,1H3,(H,22,24). The number of nitrogens with one attached hydrogen (secondary N) is 1. The predicted molar refractivity (Wildman–Crippen MR) is 99.7 cm³/mol. The highest BCUT2D eigenvalue weighted by atomic mass is 16.5. The van der Waals surface area contributed by atoms with Crippen LogP contribution in [-0.4, -0.2) is 18.1 Å². The van der Waals surface area contributed by atoms with Crippen LogP contribution in [0.2, 0.25) is 0 Å². The van der Waals surface area contributed by atoms with Crippen LogP contribution < -0.4 is 10.1 Å². The van der Waals surface area contributed by atoms with Crippen LogP contribution in [0.1, 0.15) is 43.2 Å². The summed E-state index contributed by atoms with van der Waals surface area (Å²) in [7, 11) is 1.51. The molecule has 0 bridgehead atoms. The van der Waals surface area contributed by atoms with Crippen LogP contribution in [-0.2, 0) is 17.8 Å². The number of carbonyl (C=O) groups is 1. The Bertz CT molecular complexity index is 655. The fraction of sp³-hybridized carbons (Fsp3) is 0.381. The molecule has 0 aliphatic heterocycles. The quantitative estimate of drug-likeness (QED) is 0.637. The van der Waals surface area contributed by atoms with Crippen molar-refractivity contribution in [2.45, 2.75) is 45.1 Å². The van der Waals surface area contributed by atoms with Crippen molar-refractivity contribution in [1.82, 2.24) is 5.32 Å². The van der Waals surface area contributed by atoms with Crippen LogP contribution in [0.25, 0.3) is 0 Å². The van der Waals surface area contributed by atoms with Gasteiger partial charge in [0.2, 0.25) is 5.91 Å². The molecular formula is C21H27NO3. The summed E-state index contributed by atoms with van der Waals surface area (Å²) in [6.07, 6.45) is 5.97. The lowest BCUT2D eigenvalue weighted by molar-refractivity contribution is -0.121. The first-order valence-electron chi connectivity index (χ1n) is 8.85. The van der Waals surface area contributed by atoms with Crippen molar-refractivity contribution in [2.24, 2.45) is 0 Å². The molecule has 0 aliphatic carbocycles. The second-order valence-corrected chi connectivity index (χ2v) is 6.18. The number of aromatic hydroxyl groups is 1. The average molecular weight is 341 g/mol. The molecule has 0 unspecified atom stereocenters. The van der Waals surface area contributed by atoms with Crippen LogP contribution in [0.5, 0.6) is 11.5 Å². The zero-order chi connectivity index (χ0) is 17.9. The van der Waals surface area contributed by atoms with Crippen LogP contribution in [0.15, 0.2) is 48.5 Å². The number of unbranched alkanes of at least 4 members (excludes halogenated alkanes) is 3. The van der Waals surface area contributed by atoms with Crippen LogP contribution in [0.4, 0.5) is 0 Å². The van der Waals surface area contributed by atoms with Gasteiger partial charge in [0.25, 0.3) is 0 Å². The maximum absolute atomic E-state index is 11.9. The molecule has 0 fully saturated rings. The third-order valence-corrected chi connectivity index (χ3v) is 4.20. The predicted octanol–water partition coefficient (Wildman–Crippen LogP) is 4.21. The Hall–Kier alpha value is -2.49. The highest BCUT2D eigenvalue weighted by Gasteiger charge is 2.05. The molecule has 0 heterocycles. The Balaban J connectivity index is 1.56. The first-order chi connectivity index (χ1) is 12.2. The molecule has 4 nitrogen and oxygen atoms in total. The molecule has 2 rings (SSSR count). The second kappa shape index (κ2) is 10.4. The number of hydrogen-bond acceptors (Lipinski definition) is 3. The van der Waals surface area contributed by atoms with Crippen molar-refractivity contribution in [3.05, 3.63) is 59.7 Å². The molecule has 0 aliphatic rings. The summed E-state index contributed by atoms with van der Waals surface area (Å²) in [4.78, 5) is 11.9. The molecule has 1 amide bonds. The number of carbonyl (C=O) groups excluding carboxylic acids is 1. The number of rotatable bonds is 10. The van der Waals surface area contributed by atoms with E-state index in [1.807, 2.05) is 6.07 Å². The Morgan fingerprint density at radius 3 is 2.52 bits per heavy atom. The van der Waals surface area contributed by atoms with Gasteiger partial charge in [-0.05, 0) is 42.5 Å². The molecule has 0 aromatic heterocycles. The molecule has 0 saturated carbocycles. The molecule has 0 atom stereocenters. The Morgan fingerprint density at radius 2 is 1.76 bits per heavy atom. The van der Waals surface area contributed by atoms with Crippen molar-refractivity contribution < 1.29 is 14.6 Å². The van der Waals surface area contributed by atoms with Gasteiger partial charge in [-0.3, -0.25) is 4.79 Å². The smallest absolute Gasteiger partial charge is 0.220 e. The van der Waals surface area contributed by atoms with Crippen molar-refractivity contribution in [1.29, 1.82) is 0 Å². The topological polar surface area (TPSA) is 58.6 Å².